The fourth-order valence-electron chi connectivity index (χ4n) is 5.06. The molecule has 3 amide bonds. The molecule has 3 N–H and O–H groups in total. The summed E-state index contributed by atoms with van der Waals surface area (Å²) in [6, 6.07) is 2.86. The summed E-state index contributed by atoms with van der Waals surface area (Å²) >= 11 is 1.35. The van der Waals surface area contributed by atoms with Gasteiger partial charge in [-0.25, -0.2) is 0 Å². The van der Waals surface area contributed by atoms with Crippen LogP contribution in [-0.2, 0) is 9.59 Å². The van der Waals surface area contributed by atoms with E-state index < -0.39 is 6.04 Å². The van der Waals surface area contributed by atoms with Crippen LogP contribution < -0.4 is 16.0 Å². The van der Waals surface area contributed by atoms with Crippen LogP contribution in [0.4, 0.5) is 0 Å². The van der Waals surface area contributed by atoms with Gasteiger partial charge in [-0.3, -0.25) is 14.4 Å². The van der Waals surface area contributed by atoms with E-state index in [0.29, 0.717) is 24.4 Å². The first-order chi connectivity index (χ1) is 20.1. The first-order valence-electron chi connectivity index (χ1n) is 17.0. The minimum absolute atomic E-state index is 0.0567. The van der Waals surface area contributed by atoms with E-state index in [1.54, 1.807) is 6.07 Å². The quantitative estimate of drug-likeness (QED) is 0.0852. The molecule has 0 aliphatic carbocycles. The highest BCUT2D eigenvalue weighted by Gasteiger charge is 2.22. The molecule has 0 aliphatic rings. The summed E-state index contributed by atoms with van der Waals surface area (Å²) in [5.74, 6) is -0.517. The molecule has 0 aliphatic heterocycles. The van der Waals surface area contributed by atoms with Gasteiger partial charge in [0, 0.05) is 19.5 Å². The van der Waals surface area contributed by atoms with E-state index in [-0.39, 0.29) is 24.1 Å². The number of carbonyl (C=O) groups is 3. The van der Waals surface area contributed by atoms with Crippen molar-refractivity contribution in [2.75, 3.05) is 13.1 Å². The van der Waals surface area contributed by atoms with Crippen LogP contribution >= 0.6 is 11.3 Å². The van der Waals surface area contributed by atoms with Gasteiger partial charge in [-0.05, 0) is 30.7 Å². The molecular formula is C34H61N3O3S. The zero-order valence-corrected chi connectivity index (χ0v) is 27.2. The van der Waals surface area contributed by atoms with E-state index in [1.165, 1.54) is 114 Å². The lowest BCUT2D eigenvalue weighted by molar-refractivity contribution is -0.124. The molecule has 0 radical (unpaired) electrons. The maximum atomic E-state index is 12.9. The van der Waals surface area contributed by atoms with Crippen LogP contribution in [0, 0.1) is 0 Å². The molecule has 1 rings (SSSR count). The Morgan fingerprint density at radius 1 is 0.659 bits per heavy atom. The van der Waals surface area contributed by atoms with Gasteiger partial charge in [0.15, 0.2) is 0 Å². The summed E-state index contributed by atoms with van der Waals surface area (Å²) < 4.78 is 0. The van der Waals surface area contributed by atoms with Crippen molar-refractivity contribution < 1.29 is 14.4 Å². The Morgan fingerprint density at radius 2 is 1.12 bits per heavy atom. The van der Waals surface area contributed by atoms with Crippen molar-refractivity contribution in [3.8, 4) is 0 Å². The number of hydrogen-bond acceptors (Lipinski definition) is 4. The zero-order valence-electron chi connectivity index (χ0n) is 26.4. The van der Waals surface area contributed by atoms with Crippen LogP contribution in [0.15, 0.2) is 17.5 Å². The highest BCUT2D eigenvalue weighted by atomic mass is 32.1. The average molecular weight is 592 g/mol. The SMILES string of the molecule is CCCCCCCCCCCCNC(=O)CC[C@H](NC(=O)c1cccs1)C(=O)NCCCCCCCCCCCC. The number of rotatable bonds is 28. The van der Waals surface area contributed by atoms with Crippen molar-refractivity contribution in [2.24, 2.45) is 0 Å². The van der Waals surface area contributed by atoms with Crippen LogP contribution in [0.25, 0.3) is 0 Å². The summed E-state index contributed by atoms with van der Waals surface area (Å²) in [6.07, 6.45) is 25.6. The van der Waals surface area contributed by atoms with Gasteiger partial charge in [0.1, 0.15) is 6.04 Å². The maximum Gasteiger partial charge on any atom is 0.261 e. The van der Waals surface area contributed by atoms with E-state index in [2.05, 4.69) is 29.8 Å². The number of unbranched alkanes of at least 4 members (excludes halogenated alkanes) is 18. The Bertz CT molecular complexity index is 769. The Hall–Kier alpha value is -1.89. The highest BCUT2D eigenvalue weighted by molar-refractivity contribution is 7.12. The van der Waals surface area contributed by atoms with Crippen LogP contribution in [0.3, 0.4) is 0 Å². The number of carbonyl (C=O) groups excluding carboxylic acids is 3. The minimum Gasteiger partial charge on any atom is -0.356 e. The fraction of sp³-hybridized carbons (Fsp3) is 0.794. The first kappa shape index (κ1) is 37.1. The molecule has 0 spiro atoms. The predicted molar refractivity (Wildman–Crippen MR) is 175 cm³/mol. The van der Waals surface area contributed by atoms with Gasteiger partial charge in [-0.1, -0.05) is 135 Å². The molecular weight excluding hydrogens is 530 g/mol. The molecule has 7 heteroatoms. The second-order valence-electron chi connectivity index (χ2n) is 11.5. The zero-order chi connectivity index (χ0) is 29.8. The van der Waals surface area contributed by atoms with Crippen LogP contribution in [0.2, 0.25) is 0 Å². The third kappa shape index (κ3) is 21.5. The summed E-state index contributed by atoms with van der Waals surface area (Å²) in [6.45, 7) is 5.77. The summed E-state index contributed by atoms with van der Waals surface area (Å²) in [5, 5.41) is 10.7. The molecule has 0 aromatic carbocycles. The van der Waals surface area contributed by atoms with Gasteiger partial charge in [-0.15, -0.1) is 11.3 Å². The summed E-state index contributed by atoms with van der Waals surface area (Å²) in [5.41, 5.74) is 0. The molecule has 6 nitrogen and oxygen atoms in total. The van der Waals surface area contributed by atoms with Gasteiger partial charge in [0.05, 0.1) is 4.88 Å². The molecule has 1 heterocycles. The monoisotopic (exact) mass is 591 g/mol. The predicted octanol–water partition coefficient (Wildman–Crippen LogP) is 8.70. The standard InChI is InChI=1S/C34H61N3O3S/c1-3-5-7-9-11-13-15-17-19-21-27-35-32(38)26-25-30(37-34(40)31-24-23-29-41-31)33(39)36-28-22-20-18-16-14-12-10-8-6-4-2/h23-24,29-30H,3-22,25-28H2,1-2H3,(H,35,38)(H,36,39)(H,37,40)/t30-/m0/s1. The topological polar surface area (TPSA) is 87.3 Å². The third-order valence-electron chi connectivity index (χ3n) is 7.71. The maximum absolute atomic E-state index is 12.9. The minimum atomic E-state index is -0.712. The van der Waals surface area contributed by atoms with E-state index in [1.807, 2.05) is 11.4 Å². The van der Waals surface area contributed by atoms with Crippen molar-refractivity contribution in [1.29, 1.82) is 0 Å². The Labute approximate surface area is 255 Å². The lowest BCUT2D eigenvalue weighted by Gasteiger charge is -2.18. The molecule has 1 atom stereocenters. The van der Waals surface area contributed by atoms with Crippen molar-refractivity contribution in [3.63, 3.8) is 0 Å². The smallest absolute Gasteiger partial charge is 0.261 e. The van der Waals surface area contributed by atoms with E-state index in [4.69, 9.17) is 0 Å². The highest BCUT2D eigenvalue weighted by Crippen LogP contribution is 2.12. The van der Waals surface area contributed by atoms with Gasteiger partial charge >= 0.3 is 0 Å². The normalized spacial score (nSPS) is 11.8. The number of nitrogens with one attached hydrogen (secondary N) is 3. The molecule has 0 saturated carbocycles. The van der Waals surface area contributed by atoms with E-state index >= 15 is 0 Å². The third-order valence-corrected chi connectivity index (χ3v) is 8.58. The van der Waals surface area contributed by atoms with Crippen molar-refractivity contribution in [1.82, 2.24) is 16.0 Å². The summed E-state index contributed by atoms with van der Waals surface area (Å²) in [7, 11) is 0. The van der Waals surface area contributed by atoms with Crippen LogP contribution in [-0.4, -0.2) is 36.9 Å². The summed E-state index contributed by atoms with van der Waals surface area (Å²) in [4.78, 5) is 38.6. The van der Waals surface area contributed by atoms with Crippen LogP contribution in [0.1, 0.15) is 165 Å². The molecule has 1 aromatic rings. The van der Waals surface area contributed by atoms with E-state index in [0.717, 1.165) is 25.7 Å². The van der Waals surface area contributed by atoms with Crippen LogP contribution in [0.5, 0.6) is 0 Å². The van der Waals surface area contributed by atoms with Crippen molar-refractivity contribution in [2.45, 2.75) is 161 Å². The second-order valence-corrected chi connectivity index (χ2v) is 12.5. The molecule has 41 heavy (non-hydrogen) atoms. The number of amides is 3. The van der Waals surface area contributed by atoms with Crippen molar-refractivity contribution >= 4 is 29.1 Å². The molecule has 1 aromatic heterocycles. The fourth-order valence-corrected chi connectivity index (χ4v) is 5.68. The molecule has 0 saturated heterocycles. The number of thiophene rings is 1. The lowest BCUT2D eigenvalue weighted by atomic mass is 10.1. The van der Waals surface area contributed by atoms with Gasteiger partial charge in [0.2, 0.25) is 11.8 Å². The largest absolute Gasteiger partial charge is 0.356 e. The second kappa shape index (κ2) is 27.0. The molecule has 0 unspecified atom stereocenters. The molecule has 236 valence electrons. The molecule has 0 bridgehead atoms. The van der Waals surface area contributed by atoms with Crippen molar-refractivity contribution in [3.05, 3.63) is 22.4 Å². The van der Waals surface area contributed by atoms with Gasteiger partial charge < -0.3 is 16.0 Å². The Balaban J connectivity index is 2.25. The average Bonchev–Trinajstić information content (AvgIpc) is 3.52. The first-order valence-corrected chi connectivity index (χ1v) is 17.8. The lowest BCUT2D eigenvalue weighted by Crippen LogP contribution is -2.47. The molecule has 0 fully saturated rings. The Kier molecular flexibility index (Phi) is 24.4. The van der Waals surface area contributed by atoms with Gasteiger partial charge in [0.25, 0.3) is 5.91 Å². The Morgan fingerprint density at radius 3 is 1.59 bits per heavy atom. The number of hydrogen-bond donors (Lipinski definition) is 3. The van der Waals surface area contributed by atoms with Gasteiger partial charge in [-0.2, -0.15) is 0 Å². The van der Waals surface area contributed by atoms with E-state index in [9.17, 15) is 14.4 Å².